The Morgan fingerprint density at radius 3 is 0.902 bits per heavy atom. The van der Waals surface area contributed by atoms with Gasteiger partial charge in [0, 0.05) is 149 Å². The standard InChI is InChI=1S/C12H31NO7Si2.C9H23NO3Si.C8H22N2O3Si.C6H17NO3Si/c1-14-21(15-2,16-3)12-8-10-13-9-7-11-20-22(17-4,18-5)19-6;1-4-11-14(12-5-2,13-6-3)9-7-8-10;1-11-14(12-2,13-3)8-4-6-10-7-5-9;1-8-11(9-2,10-3)6-4-5-7/h13H,7-12H2,1-6H3;4-10H2,1-3H3;10H,4-9H2,1-3H3;4-7H2,1-3H3. The van der Waals surface area contributed by atoms with E-state index in [0.717, 1.165) is 82.5 Å². The molecule has 0 rings (SSSR count). The molecule has 0 unspecified atom stereocenters. The van der Waals surface area contributed by atoms with Crippen LogP contribution in [-0.2, 0) is 70.8 Å². The molecule has 0 heterocycles. The molecule has 0 spiro atoms. The summed E-state index contributed by atoms with van der Waals surface area (Å²) in [6.07, 6.45) is 4.51. The van der Waals surface area contributed by atoms with E-state index in [0.29, 0.717) is 46.1 Å². The Bertz CT molecular complexity index is 821. The Hall–Kier alpha value is 0.244. The van der Waals surface area contributed by atoms with E-state index in [-0.39, 0.29) is 0 Å². The second-order valence-electron chi connectivity index (χ2n) is 12.5. The van der Waals surface area contributed by atoms with E-state index < -0.39 is 44.3 Å². The Morgan fingerprint density at radius 1 is 0.328 bits per heavy atom. The molecule has 374 valence electrons. The first-order chi connectivity index (χ1) is 29.3. The lowest BCUT2D eigenvalue weighted by Gasteiger charge is -2.28. The normalized spacial score (nSPS) is 12.3. The molecular formula is C35H93N5O16Si5. The smallest absolute Gasteiger partial charge is 0.377 e. The molecule has 0 radical (unpaired) electrons. The van der Waals surface area contributed by atoms with Crippen molar-refractivity contribution < 1.29 is 70.8 Å². The summed E-state index contributed by atoms with van der Waals surface area (Å²) in [6.45, 7) is 13.7. The zero-order valence-corrected chi connectivity index (χ0v) is 45.9. The van der Waals surface area contributed by atoms with E-state index in [1.165, 1.54) is 21.3 Å². The Kier molecular flexibility index (Phi) is 50.5. The van der Waals surface area contributed by atoms with E-state index in [4.69, 9.17) is 88.0 Å². The summed E-state index contributed by atoms with van der Waals surface area (Å²) in [4.78, 5) is 0. The van der Waals surface area contributed by atoms with Crippen LogP contribution in [0.3, 0.4) is 0 Å². The van der Waals surface area contributed by atoms with Gasteiger partial charge in [-0.05, 0) is 85.6 Å². The Morgan fingerprint density at radius 2 is 0.623 bits per heavy atom. The summed E-state index contributed by atoms with van der Waals surface area (Å²) >= 11 is 0. The average molecular weight is 981 g/mol. The highest BCUT2D eigenvalue weighted by Gasteiger charge is 2.42. The van der Waals surface area contributed by atoms with Crippen molar-refractivity contribution in [3.63, 3.8) is 0 Å². The maximum Gasteiger partial charge on any atom is 0.678 e. The monoisotopic (exact) mass is 980 g/mol. The summed E-state index contributed by atoms with van der Waals surface area (Å²) in [5.41, 5.74) is 16.2. The van der Waals surface area contributed by atoms with E-state index in [9.17, 15) is 0 Å². The van der Waals surface area contributed by atoms with Gasteiger partial charge in [0.25, 0.3) is 0 Å². The SMILES string of the molecule is CCO[Si](CCCN)(OCC)OCC.CO[Si](CCCN)(OC)OC.CO[Si](CCCNCCCO[Si](OC)(OC)OC)(OC)OC.CO[Si](CCCNCCN)(OC)OC. The van der Waals surface area contributed by atoms with Gasteiger partial charge >= 0.3 is 44.3 Å². The van der Waals surface area contributed by atoms with Gasteiger partial charge in [-0.15, -0.1) is 0 Å². The highest BCUT2D eigenvalue weighted by atomic mass is 28.4. The molecule has 0 aromatic rings. The van der Waals surface area contributed by atoms with Gasteiger partial charge in [-0.25, -0.2) is 0 Å². The Labute approximate surface area is 376 Å². The lowest BCUT2D eigenvalue weighted by atomic mass is 10.4. The highest BCUT2D eigenvalue weighted by molar-refractivity contribution is 6.61. The van der Waals surface area contributed by atoms with Crippen molar-refractivity contribution in [1.29, 1.82) is 0 Å². The molecule has 0 bridgehead atoms. The van der Waals surface area contributed by atoms with Crippen LogP contribution in [0.2, 0.25) is 24.2 Å². The largest absolute Gasteiger partial charge is 0.678 e. The maximum atomic E-state index is 5.65. The summed E-state index contributed by atoms with van der Waals surface area (Å²) in [5, 5.41) is 6.55. The molecule has 0 aliphatic carbocycles. The summed E-state index contributed by atoms with van der Waals surface area (Å²) < 4.78 is 85.5. The zero-order valence-electron chi connectivity index (χ0n) is 40.9. The summed E-state index contributed by atoms with van der Waals surface area (Å²) in [7, 11) is 6.75. The molecule has 0 amide bonds. The highest BCUT2D eigenvalue weighted by Crippen LogP contribution is 2.18. The van der Waals surface area contributed by atoms with Crippen LogP contribution in [0.1, 0.15) is 52.9 Å². The minimum atomic E-state index is -2.90. The van der Waals surface area contributed by atoms with Gasteiger partial charge < -0.3 is 98.7 Å². The molecule has 0 saturated heterocycles. The van der Waals surface area contributed by atoms with Gasteiger partial charge in [-0.2, -0.15) is 0 Å². The van der Waals surface area contributed by atoms with Crippen LogP contribution in [0.4, 0.5) is 0 Å². The summed E-state index contributed by atoms with van der Waals surface area (Å²) in [5.74, 6) is 0. The van der Waals surface area contributed by atoms with Crippen LogP contribution in [0.25, 0.3) is 0 Å². The topological polar surface area (TPSA) is 250 Å². The second kappa shape index (κ2) is 45.4. The fraction of sp³-hybridized carbons (Fsp3) is 1.00. The van der Waals surface area contributed by atoms with E-state index >= 15 is 0 Å². The van der Waals surface area contributed by atoms with Crippen LogP contribution in [-0.4, -0.2) is 202 Å². The lowest BCUT2D eigenvalue weighted by molar-refractivity contribution is 0.00545. The predicted octanol–water partition coefficient (Wildman–Crippen LogP) is 2.03. The molecule has 0 aromatic heterocycles. The van der Waals surface area contributed by atoms with Crippen LogP contribution < -0.4 is 27.8 Å². The fourth-order valence-corrected chi connectivity index (χ4v) is 14.4. The molecule has 61 heavy (non-hydrogen) atoms. The number of rotatable bonds is 39. The van der Waals surface area contributed by atoms with Gasteiger partial charge in [0.15, 0.2) is 0 Å². The van der Waals surface area contributed by atoms with Crippen molar-refractivity contribution in [2.24, 2.45) is 17.2 Å². The molecular weight excluding hydrogens is 887 g/mol. The van der Waals surface area contributed by atoms with Crippen molar-refractivity contribution in [3.8, 4) is 0 Å². The van der Waals surface area contributed by atoms with Crippen LogP contribution in [0, 0.1) is 0 Å². The minimum absolute atomic E-state index is 0.516. The van der Waals surface area contributed by atoms with Gasteiger partial charge in [-0.1, -0.05) is 0 Å². The van der Waals surface area contributed by atoms with E-state index in [1.54, 1.807) is 64.0 Å². The third kappa shape index (κ3) is 32.5. The molecule has 26 heteroatoms. The van der Waals surface area contributed by atoms with Crippen LogP contribution >= 0.6 is 0 Å². The quantitative estimate of drug-likeness (QED) is 0.0437. The molecule has 0 aromatic carbocycles. The lowest BCUT2D eigenvalue weighted by Crippen LogP contribution is -2.46. The Balaban J connectivity index is -0.000000368. The molecule has 0 atom stereocenters. The number of nitrogens with two attached hydrogens (primary N) is 3. The van der Waals surface area contributed by atoms with Gasteiger partial charge in [0.2, 0.25) is 0 Å². The van der Waals surface area contributed by atoms with Crippen molar-refractivity contribution >= 4 is 44.3 Å². The number of hydrogen-bond acceptors (Lipinski definition) is 21. The molecule has 0 aliphatic heterocycles. The third-order valence-corrected chi connectivity index (χ3v) is 22.5. The maximum absolute atomic E-state index is 5.65. The van der Waals surface area contributed by atoms with E-state index in [1.807, 2.05) is 20.8 Å². The van der Waals surface area contributed by atoms with Gasteiger partial charge in [0.05, 0.1) is 0 Å². The number of hydrogen-bond donors (Lipinski definition) is 5. The predicted molar refractivity (Wildman–Crippen MR) is 249 cm³/mol. The van der Waals surface area contributed by atoms with Crippen LogP contribution in [0.5, 0.6) is 0 Å². The van der Waals surface area contributed by atoms with Gasteiger partial charge in [0.1, 0.15) is 0 Å². The first-order valence-electron chi connectivity index (χ1n) is 21.0. The zero-order chi connectivity index (χ0) is 47.4. The van der Waals surface area contributed by atoms with Crippen molar-refractivity contribution in [1.82, 2.24) is 10.6 Å². The molecule has 8 N–H and O–H groups in total. The van der Waals surface area contributed by atoms with Crippen molar-refractivity contribution in [2.45, 2.75) is 77.1 Å². The molecule has 0 saturated carbocycles. The molecule has 0 fully saturated rings. The first kappa shape index (κ1) is 67.8. The van der Waals surface area contributed by atoms with Crippen LogP contribution in [0.15, 0.2) is 0 Å². The molecule has 21 nitrogen and oxygen atoms in total. The second-order valence-corrected chi connectivity index (χ2v) is 27.0. The molecule has 0 aliphatic rings. The minimum Gasteiger partial charge on any atom is -0.377 e. The van der Waals surface area contributed by atoms with E-state index in [2.05, 4.69) is 10.6 Å². The average Bonchev–Trinajstić information content (AvgIpc) is 3.30. The fourth-order valence-electron chi connectivity index (χ4n) is 5.34. The number of nitrogens with one attached hydrogen (secondary N) is 2. The first-order valence-corrected chi connectivity index (χ1v) is 30.4. The van der Waals surface area contributed by atoms with Crippen molar-refractivity contribution in [3.05, 3.63) is 0 Å². The van der Waals surface area contributed by atoms with Gasteiger partial charge in [-0.3, -0.25) is 0 Å². The van der Waals surface area contributed by atoms with Crippen molar-refractivity contribution in [2.75, 3.05) is 158 Å². The summed E-state index contributed by atoms with van der Waals surface area (Å²) in [6, 6.07) is 3.22. The third-order valence-electron chi connectivity index (χ3n) is 8.79.